The van der Waals surface area contributed by atoms with E-state index < -0.39 is 0 Å². The zero-order chi connectivity index (χ0) is 24.7. The summed E-state index contributed by atoms with van der Waals surface area (Å²) in [6.45, 7) is 4.70. The summed E-state index contributed by atoms with van der Waals surface area (Å²) in [5.41, 5.74) is 14.9. The number of benzene rings is 5. The number of nitrogens with zero attached hydrogens (tertiary/aromatic N) is 1. The second-order valence-electron chi connectivity index (χ2n) is 11.0. The third-order valence-electron chi connectivity index (χ3n) is 8.73. The molecule has 2 aliphatic carbocycles. The lowest BCUT2D eigenvalue weighted by Gasteiger charge is -2.22. The summed E-state index contributed by atoms with van der Waals surface area (Å²) in [5, 5.41) is 1.33. The second kappa shape index (κ2) is 7.33. The SMILES string of the molecule is CC1(C)c2ccccc2-c2ccc(-n3ccc4c5c(ccc43)C(c3ccccc3)c3ccccc3-5)cc21. The first kappa shape index (κ1) is 20.8. The van der Waals surface area contributed by atoms with Gasteiger partial charge in [0, 0.05) is 28.6 Å². The molecule has 0 saturated heterocycles. The summed E-state index contributed by atoms with van der Waals surface area (Å²) in [6.07, 6.45) is 2.25. The molecule has 1 unspecified atom stereocenters. The first-order chi connectivity index (χ1) is 18.1. The average Bonchev–Trinajstić information content (AvgIpc) is 3.58. The van der Waals surface area contributed by atoms with Crippen LogP contribution in [0.2, 0.25) is 0 Å². The Morgan fingerprint density at radius 1 is 0.595 bits per heavy atom. The van der Waals surface area contributed by atoms with Gasteiger partial charge >= 0.3 is 0 Å². The summed E-state index contributed by atoms with van der Waals surface area (Å²) in [4.78, 5) is 0. The number of aromatic nitrogens is 1. The Balaban J connectivity index is 1.32. The molecule has 0 bridgehead atoms. The topological polar surface area (TPSA) is 4.93 Å². The quantitative estimate of drug-likeness (QED) is 0.236. The smallest absolute Gasteiger partial charge is 0.0534 e. The second-order valence-corrected chi connectivity index (χ2v) is 11.0. The molecule has 0 amide bonds. The monoisotopic (exact) mass is 473 g/mol. The Labute approximate surface area is 217 Å². The van der Waals surface area contributed by atoms with Crippen molar-refractivity contribution in [1.82, 2.24) is 4.57 Å². The maximum atomic E-state index is 2.41. The van der Waals surface area contributed by atoms with Gasteiger partial charge in [0.1, 0.15) is 0 Å². The molecule has 0 radical (unpaired) electrons. The lowest BCUT2D eigenvalue weighted by Crippen LogP contribution is -2.15. The number of fused-ring (bicyclic) bond motifs is 8. The maximum Gasteiger partial charge on any atom is 0.0534 e. The van der Waals surface area contributed by atoms with Crippen LogP contribution < -0.4 is 0 Å². The fourth-order valence-corrected chi connectivity index (χ4v) is 6.99. The highest BCUT2D eigenvalue weighted by Crippen LogP contribution is 2.52. The molecule has 1 aromatic heterocycles. The highest BCUT2D eigenvalue weighted by Gasteiger charge is 2.35. The molecule has 5 aromatic carbocycles. The third kappa shape index (κ3) is 2.74. The van der Waals surface area contributed by atoms with Crippen LogP contribution in [0.15, 0.2) is 121 Å². The number of hydrogen-bond donors (Lipinski definition) is 0. The van der Waals surface area contributed by atoms with Gasteiger partial charge in [-0.3, -0.25) is 0 Å². The molecule has 1 heterocycles. The zero-order valence-electron chi connectivity index (χ0n) is 21.1. The van der Waals surface area contributed by atoms with Crippen LogP contribution in [0.25, 0.3) is 38.8 Å². The van der Waals surface area contributed by atoms with Crippen molar-refractivity contribution < 1.29 is 0 Å². The number of rotatable bonds is 2. The van der Waals surface area contributed by atoms with Gasteiger partial charge in [0.2, 0.25) is 0 Å². The first-order valence-electron chi connectivity index (χ1n) is 13.2. The highest BCUT2D eigenvalue weighted by atomic mass is 15.0. The number of hydrogen-bond acceptors (Lipinski definition) is 0. The standard InChI is InChI=1S/C36H27N/c1-36(2)31-15-9-8-12-25(31)26-17-16-24(22-32(26)36)37-21-20-29-33(37)19-18-30-34(23-10-4-3-5-11-23)27-13-6-7-14-28(27)35(29)30/h3-22,34H,1-2H3. The van der Waals surface area contributed by atoms with Crippen molar-refractivity contribution in [2.24, 2.45) is 0 Å². The lowest BCUT2D eigenvalue weighted by molar-refractivity contribution is 0.660. The molecule has 37 heavy (non-hydrogen) atoms. The van der Waals surface area contributed by atoms with Crippen molar-refractivity contribution in [2.75, 3.05) is 0 Å². The van der Waals surface area contributed by atoms with Gasteiger partial charge in [-0.2, -0.15) is 0 Å². The van der Waals surface area contributed by atoms with E-state index in [1.54, 1.807) is 0 Å². The fourth-order valence-electron chi connectivity index (χ4n) is 6.99. The van der Waals surface area contributed by atoms with Gasteiger partial charge in [0.15, 0.2) is 0 Å². The first-order valence-corrected chi connectivity index (χ1v) is 13.2. The Kier molecular flexibility index (Phi) is 4.12. The van der Waals surface area contributed by atoms with Crippen LogP contribution in [0.1, 0.15) is 47.6 Å². The van der Waals surface area contributed by atoms with E-state index in [1.807, 2.05) is 0 Å². The van der Waals surface area contributed by atoms with Gasteiger partial charge in [0.05, 0.1) is 5.52 Å². The highest BCUT2D eigenvalue weighted by molar-refractivity contribution is 6.02. The van der Waals surface area contributed by atoms with Gasteiger partial charge in [-0.25, -0.2) is 0 Å². The predicted molar refractivity (Wildman–Crippen MR) is 154 cm³/mol. The van der Waals surface area contributed by atoms with Crippen LogP contribution in [0, 0.1) is 0 Å². The van der Waals surface area contributed by atoms with Crippen LogP contribution in [0.5, 0.6) is 0 Å². The van der Waals surface area contributed by atoms with E-state index >= 15 is 0 Å². The van der Waals surface area contributed by atoms with E-state index in [-0.39, 0.29) is 11.3 Å². The molecule has 0 N–H and O–H groups in total. The largest absolute Gasteiger partial charge is 0.317 e. The molecule has 6 aromatic rings. The minimum atomic E-state index is -0.00597. The summed E-state index contributed by atoms with van der Waals surface area (Å²) in [7, 11) is 0. The molecule has 0 fully saturated rings. The van der Waals surface area contributed by atoms with Gasteiger partial charge in [-0.1, -0.05) is 105 Å². The van der Waals surface area contributed by atoms with Crippen LogP contribution in [-0.2, 0) is 5.41 Å². The van der Waals surface area contributed by atoms with Gasteiger partial charge < -0.3 is 4.57 Å². The summed E-state index contributed by atoms with van der Waals surface area (Å²) in [5.74, 6) is 0.277. The van der Waals surface area contributed by atoms with E-state index in [4.69, 9.17) is 0 Å². The maximum absolute atomic E-state index is 2.41. The van der Waals surface area contributed by atoms with E-state index in [0.717, 1.165) is 0 Å². The Bertz CT molecular complexity index is 1850. The normalized spacial score (nSPS) is 16.3. The molecule has 8 rings (SSSR count). The van der Waals surface area contributed by atoms with E-state index in [1.165, 1.54) is 66.7 Å². The Morgan fingerprint density at radius 2 is 1.32 bits per heavy atom. The van der Waals surface area contributed by atoms with Crippen molar-refractivity contribution >= 4 is 10.9 Å². The molecule has 2 aliphatic rings. The molecule has 1 nitrogen and oxygen atoms in total. The fraction of sp³-hybridized carbons (Fsp3) is 0.111. The van der Waals surface area contributed by atoms with Crippen LogP contribution in [0.4, 0.5) is 0 Å². The average molecular weight is 474 g/mol. The molecular weight excluding hydrogens is 446 g/mol. The van der Waals surface area contributed by atoms with Crippen molar-refractivity contribution in [3.05, 3.63) is 149 Å². The Hall–Kier alpha value is -4.36. The van der Waals surface area contributed by atoms with Crippen LogP contribution in [-0.4, -0.2) is 4.57 Å². The van der Waals surface area contributed by atoms with Crippen molar-refractivity contribution in [3.8, 4) is 27.9 Å². The van der Waals surface area contributed by atoms with E-state index in [2.05, 4.69) is 140 Å². The molecule has 0 spiro atoms. The molecule has 1 heteroatoms. The lowest BCUT2D eigenvalue weighted by atomic mass is 9.82. The zero-order valence-corrected chi connectivity index (χ0v) is 21.1. The minimum absolute atomic E-state index is 0.00597. The summed E-state index contributed by atoms with van der Waals surface area (Å²) >= 11 is 0. The molecule has 0 saturated carbocycles. The van der Waals surface area contributed by atoms with Crippen molar-refractivity contribution in [2.45, 2.75) is 25.2 Å². The molecule has 176 valence electrons. The van der Waals surface area contributed by atoms with Gasteiger partial charge in [0.25, 0.3) is 0 Å². The van der Waals surface area contributed by atoms with Crippen LogP contribution >= 0.6 is 0 Å². The Morgan fingerprint density at radius 3 is 2.19 bits per heavy atom. The summed E-state index contributed by atoms with van der Waals surface area (Å²) < 4.78 is 2.37. The minimum Gasteiger partial charge on any atom is -0.317 e. The van der Waals surface area contributed by atoms with Gasteiger partial charge in [-0.15, -0.1) is 0 Å². The summed E-state index contributed by atoms with van der Waals surface area (Å²) in [6, 6.07) is 42.7. The van der Waals surface area contributed by atoms with Crippen molar-refractivity contribution in [3.63, 3.8) is 0 Å². The third-order valence-corrected chi connectivity index (χ3v) is 8.73. The van der Waals surface area contributed by atoms with Gasteiger partial charge in [-0.05, 0) is 74.3 Å². The van der Waals surface area contributed by atoms with Crippen LogP contribution in [0.3, 0.4) is 0 Å². The van der Waals surface area contributed by atoms with E-state index in [0.29, 0.717) is 0 Å². The predicted octanol–water partition coefficient (Wildman–Crippen LogP) is 9.10. The molecule has 0 aliphatic heterocycles. The van der Waals surface area contributed by atoms with E-state index in [9.17, 15) is 0 Å². The molecular formula is C36H27N. The molecule has 1 atom stereocenters. The van der Waals surface area contributed by atoms with Crippen molar-refractivity contribution in [1.29, 1.82) is 0 Å².